The fourth-order valence-corrected chi connectivity index (χ4v) is 2.38. The highest BCUT2D eigenvalue weighted by molar-refractivity contribution is 7.10. The average Bonchev–Trinajstić information content (AvgIpc) is 2.58. The van der Waals surface area contributed by atoms with E-state index < -0.39 is 5.60 Å². The van der Waals surface area contributed by atoms with Crippen LogP contribution in [0.1, 0.15) is 17.7 Å². The summed E-state index contributed by atoms with van der Waals surface area (Å²) in [5, 5.41) is 12.2. The molecule has 2 heterocycles. The van der Waals surface area contributed by atoms with Crippen LogP contribution in [0.5, 0.6) is 0 Å². The average molecular weight is 184 g/mol. The number of thiophene rings is 1. The van der Waals surface area contributed by atoms with Crippen molar-refractivity contribution in [1.29, 1.82) is 0 Å². The summed E-state index contributed by atoms with van der Waals surface area (Å²) >= 11 is 1.62. The van der Waals surface area contributed by atoms with E-state index in [1.165, 1.54) is 0 Å². The Bertz CT molecular complexity index is 237. The van der Waals surface area contributed by atoms with Gasteiger partial charge in [-0.1, -0.05) is 6.07 Å². The van der Waals surface area contributed by atoms with Gasteiger partial charge in [0.25, 0.3) is 0 Å². The molecule has 0 bridgehead atoms. The summed E-state index contributed by atoms with van der Waals surface area (Å²) in [4.78, 5) is 1.07. The molecule has 2 rings (SSSR count). The Kier molecular flexibility index (Phi) is 2.17. The normalized spacial score (nSPS) is 22.4. The Balaban J connectivity index is 2.19. The molecule has 0 saturated carbocycles. The Morgan fingerprint density at radius 2 is 2.17 bits per heavy atom. The van der Waals surface area contributed by atoms with Gasteiger partial charge in [0.1, 0.15) is 5.60 Å². The van der Waals surface area contributed by atoms with Crippen LogP contribution in [0.4, 0.5) is 0 Å². The predicted octanol–water partition coefficient (Wildman–Crippen LogP) is 1.75. The van der Waals surface area contributed by atoms with Crippen molar-refractivity contribution in [2.45, 2.75) is 18.4 Å². The molecule has 0 aromatic carbocycles. The van der Waals surface area contributed by atoms with Crippen LogP contribution in [0.3, 0.4) is 0 Å². The number of ether oxygens (including phenoxy) is 1. The van der Waals surface area contributed by atoms with Crippen molar-refractivity contribution >= 4 is 11.3 Å². The Morgan fingerprint density at radius 1 is 1.42 bits per heavy atom. The molecule has 1 saturated heterocycles. The van der Waals surface area contributed by atoms with Gasteiger partial charge in [-0.2, -0.15) is 0 Å². The highest BCUT2D eigenvalue weighted by Gasteiger charge is 2.32. The van der Waals surface area contributed by atoms with Gasteiger partial charge in [0.2, 0.25) is 0 Å². The van der Waals surface area contributed by atoms with Crippen LogP contribution in [0.15, 0.2) is 17.5 Å². The highest BCUT2D eigenvalue weighted by Crippen LogP contribution is 2.34. The van der Waals surface area contributed by atoms with Crippen molar-refractivity contribution in [1.82, 2.24) is 0 Å². The molecule has 0 radical (unpaired) electrons. The maximum absolute atomic E-state index is 10.2. The molecule has 3 heteroatoms. The van der Waals surface area contributed by atoms with Crippen LogP contribution in [-0.4, -0.2) is 18.3 Å². The summed E-state index contributed by atoms with van der Waals surface area (Å²) in [5.41, 5.74) is -0.605. The molecule has 1 fully saturated rings. The summed E-state index contributed by atoms with van der Waals surface area (Å²) in [5.74, 6) is 0. The lowest BCUT2D eigenvalue weighted by molar-refractivity contribution is -0.0656. The van der Waals surface area contributed by atoms with E-state index >= 15 is 0 Å². The summed E-state index contributed by atoms with van der Waals surface area (Å²) < 4.78 is 5.21. The second-order valence-corrected chi connectivity index (χ2v) is 4.07. The van der Waals surface area contributed by atoms with Crippen molar-refractivity contribution in [3.8, 4) is 0 Å². The van der Waals surface area contributed by atoms with Crippen LogP contribution >= 0.6 is 11.3 Å². The van der Waals surface area contributed by atoms with Crippen molar-refractivity contribution in [2.24, 2.45) is 0 Å². The van der Waals surface area contributed by atoms with E-state index in [9.17, 15) is 5.11 Å². The van der Waals surface area contributed by atoms with Crippen LogP contribution in [0.2, 0.25) is 0 Å². The zero-order valence-electron chi connectivity index (χ0n) is 6.82. The van der Waals surface area contributed by atoms with Gasteiger partial charge in [-0.25, -0.2) is 0 Å². The molecule has 2 nitrogen and oxygen atoms in total. The first-order chi connectivity index (χ1) is 5.81. The van der Waals surface area contributed by atoms with Crippen molar-refractivity contribution in [3.05, 3.63) is 22.4 Å². The summed E-state index contributed by atoms with van der Waals surface area (Å²) in [7, 11) is 0. The van der Waals surface area contributed by atoms with Crippen molar-refractivity contribution in [2.75, 3.05) is 13.2 Å². The van der Waals surface area contributed by atoms with Crippen LogP contribution in [0.25, 0.3) is 0 Å². The topological polar surface area (TPSA) is 29.5 Å². The van der Waals surface area contributed by atoms with Gasteiger partial charge in [-0.3, -0.25) is 0 Å². The number of aliphatic hydroxyl groups is 1. The minimum absolute atomic E-state index is 0.605. The highest BCUT2D eigenvalue weighted by atomic mass is 32.1. The Labute approximate surface area is 75.8 Å². The minimum Gasteiger partial charge on any atom is -0.384 e. The first-order valence-corrected chi connectivity index (χ1v) is 5.03. The smallest absolute Gasteiger partial charge is 0.103 e. The van der Waals surface area contributed by atoms with Crippen LogP contribution in [0, 0.1) is 0 Å². The van der Waals surface area contributed by atoms with Crippen molar-refractivity contribution < 1.29 is 9.84 Å². The van der Waals surface area contributed by atoms with E-state index in [0.29, 0.717) is 13.2 Å². The van der Waals surface area contributed by atoms with Gasteiger partial charge in [-0.15, -0.1) is 11.3 Å². The summed E-state index contributed by atoms with van der Waals surface area (Å²) in [6, 6.07) is 3.98. The monoisotopic (exact) mass is 184 g/mol. The third-order valence-corrected chi connectivity index (χ3v) is 3.36. The zero-order valence-corrected chi connectivity index (χ0v) is 7.64. The molecular weight excluding hydrogens is 172 g/mol. The molecule has 1 aliphatic rings. The molecule has 1 aromatic heterocycles. The molecule has 1 aliphatic heterocycles. The molecule has 12 heavy (non-hydrogen) atoms. The van der Waals surface area contributed by atoms with E-state index in [-0.39, 0.29) is 0 Å². The maximum Gasteiger partial charge on any atom is 0.103 e. The van der Waals surface area contributed by atoms with Crippen LogP contribution in [-0.2, 0) is 10.3 Å². The lowest BCUT2D eigenvalue weighted by Gasteiger charge is -2.30. The number of rotatable bonds is 1. The summed E-state index contributed by atoms with van der Waals surface area (Å²) in [6.45, 7) is 1.35. The van der Waals surface area contributed by atoms with Gasteiger partial charge >= 0.3 is 0 Å². The third-order valence-electron chi connectivity index (χ3n) is 2.30. The molecule has 0 aliphatic carbocycles. The van der Waals surface area contributed by atoms with E-state index in [1.54, 1.807) is 11.3 Å². The molecule has 0 unspecified atom stereocenters. The molecule has 0 atom stereocenters. The molecule has 1 N–H and O–H groups in total. The minimum atomic E-state index is -0.605. The number of hydrogen-bond donors (Lipinski definition) is 1. The molecule has 0 amide bonds. The largest absolute Gasteiger partial charge is 0.384 e. The standard InChI is InChI=1S/C9H12O2S/c10-9(3-5-11-6-4-9)8-2-1-7-12-8/h1-2,7,10H,3-6H2. The molecule has 0 spiro atoms. The fraction of sp³-hybridized carbons (Fsp3) is 0.556. The van der Waals surface area contributed by atoms with Gasteiger partial charge in [0.05, 0.1) is 0 Å². The van der Waals surface area contributed by atoms with E-state index in [2.05, 4.69) is 0 Å². The second-order valence-electron chi connectivity index (χ2n) is 3.12. The molecule has 66 valence electrons. The van der Waals surface area contributed by atoms with E-state index in [4.69, 9.17) is 4.74 Å². The molecular formula is C9H12O2S. The van der Waals surface area contributed by atoms with E-state index in [1.807, 2.05) is 17.5 Å². The molecule has 1 aromatic rings. The maximum atomic E-state index is 10.2. The predicted molar refractivity (Wildman–Crippen MR) is 48.3 cm³/mol. The SMILES string of the molecule is OC1(c2cccs2)CCOCC1. The van der Waals surface area contributed by atoms with Gasteiger partial charge in [0.15, 0.2) is 0 Å². The first-order valence-electron chi connectivity index (χ1n) is 4.15. The Morgan fingerprint density at radius 3 is 2.75 bits per heavy atom. The second kappa shape index (κ2) is 3.17. The Hall–Kier alpha value is -0.380. The zero-order chi connectivity index (χ0) is 8.44. The number of hydrogen-bond acceptors (Lipinski definition) is 3. The van der Waals surface area contributed by atoms with Crippen LogP contribution < -0.4 is 0 Å². The first kappa shape index (κ1) is 8.23. The van der Waals surface area contributed by atoms with Gasteiger partial charge in [0, 0.05) is 30.9 Å². The van der Waals surface area contributed by atoms with Crippen molar-refractivity contribution in [3.63, 3.8) is 0 Å². The lowest BCUT2D eigenvalue weighted by Crippen LogP contribution is -2.32. The van der Waals surface area contributed by atoms with E-state index in [0.717, 1.165) is 17.7 Å². The third kappa shape index (κ3) is 1.40. The van der Waals surface area contributed by atoms with Gasteiger partial charge < -0.3 is 9.84 Å². The summed E-state index contributed by atoms with van der Waals surface area (Å²) in [6.07, 6.45) is 1.46. The lowest BCUT2D eigenvalue weighted by atomic mass is 9.93. The fourth-order valence-electron chi connectivity index (χ4n) is 1.50. The quantitative estimate of drug-likeness (QED) is 0.720. The van der Waals surface area contributed by atoms with Gasteiger partial charge in [-0.05, 0) is 11.4 Å².